The summed E-state index contributed by atoms with van der Waals surface area (Å²) < 4.78 is 10.6. The lowest BCUT2D eigenvalue weighted by atomic mass is 9.79. The molecule has 0 unspecified atom stereocenters. The molecule has 30 heavy (non-hydrogen) atoms. The third-order valence-electron chi connectivity index (χ3n) is 6.53. The Hall–Kier alpha value is -3.35. The molecule has 2 aliphatic carbocycles. The van der Waals surface area contributed by atoms with Gasteiger partial charge in [-0.15, -0.1) is 0 Å². The van der Waals surface area contributed by atoms with E-state index in [4.69, 9.17) is 9.47 Å². The van der Waals surface area contributed by atoms with Gasteiger partial charge in [0.05, 0.1) is 18.9 Å². The van der Waals surface area contributed by atoms with Crippen LogP contribution < -0.4 is 15.4 Å². The summed E-state index contributed by atoms with van der Waals surface area (Å²) in [6.45, 7) is 0. The van der Waals surface area contributed by atoms with Crippen molar-refractivity contribution in [2.45, 2.75) is 18.9 Å². The quantitative estimate of drug-likeness (QED) is 0.745. The number of rotatable bonds is 5. The number of hydrogen-bond donors (Lipinski definition) is 2. The van der Waals surface area contributed by atoms with Crippen LogP contribution in [-0.2, 0) is 14.3 Å². The topological polar surface area (TPSA) is 93.7 Å². The van der Waals surface area contributed by atoms with Crippen molar-refractivity contribution < 1.29 is 23.9 Å². The van der Waals surface area contributed by atoms with Crippen LogP contribution in [0.2, 0.25) is 0 Å². The molecule has 7 heteroatoms. The van der Waals surface area contributed by atoms with Crippen molar-refractivity contribution in [3.8, 4) is 5.75 Å². The van der Waals surface area contributed by atoms with Crippen LogP contribution in [0.5, 0.6) is 5.75 Å². The molecule has 0 spiro atoms. The lowest BCUT2D eigenvalue weighted by molar-refractivity contribution is -0.145. The van der Waals surface area contributed by atoms with Crippen molar-refractivity contribution in [2.75, 3.05) is 17.7 Å². The Kier molecular flexibility index (Phi) is 4.46. The number of nitrogens with one attached hydrogen (secondary N) is 2. The molecule has 3 fully saturated rings. The molecule has 2 aromatic rings. The van der Waals surface area contributed by atoms with Crippen LogP contribution in [0.3, 0.4) is 0 Å². The number of ether oxygens (including phenoxy) is 2. The van der Waals surface area contributed by atoms with Crippen LogP contribution in [0.4, 0.5) is 11.4 Å². The van der Waals surface area contributed by atoms with Gasteiger partial charge in [0.1, 0.15) is 11.9 Å². The highest BCUT2D eigenvalue weighted by Crippen LogP contribution is 2.57. The minimum atomic E-state index is -0.322. The smallest absolute Gasteiger partial charge is 0.310 e. The molecular formula is C23H22N2O5. The lowest BCUT2D eigenvalue weighted by Crippen LogP contribution is -2.35. The minimum absolute atomic E-state index is 0.0129. The highest BCUT2D eigenvalue weighted by molar-refractivity contribution is 6.05. The fourth-order valence-electron chi connectivity index (χ4n) is 5.20. The summed E-state index contributed by atoms with van der Waals surface area (Å²) in [6.07, 6.45) is 1.69. The molecule has 2 aromatic carbocycles. The number of carbonyl (C=O) groups excluding carboxylic acids is 3. The number of benzene rings is 2. The summed E-state index contributed by atoms with van der Waals surface area (Å²) in [5.74, 6) is -0.185. The van der Waals surface area contributed by atoms with Crippen LogP contribution in [0.25, 0.3) is 0 Å². The number of methoxy groups -OCH3 is 1. The Balaban J connectivity index is 1.23. The van der Waals surface area contributed by atoms with E-state index in [2.05, 4.69) is 10.6 Å². The summed E-state index contributed by atoms with van der Waals surface area (Å²) in [5.41, 5.74) is 1.70. The van der Waals surface area contributed by atoms with E-state index < -0.39 is 0 Å². The van der Waals surface area contributed by atoms with E-state index >= 15 is 0 Å². The van der Waals surface area contributed by atoms with E-state index in [0.717, 1.165) is 12.8 Å². The van der Waals surface area contributed by atoms with Gasteiger partial charge in [0.15, 0.2) is 0 Å². The van der Waals surface area contributed by atoms with Gasteiger partial charge in [0, 0.05) is 28.9 Å². The molecule has 3 aliphatic rings. The first-order chi connectivity index (χ1) is 14.5. The normalized spacial score (nSPS) is 28.2. The number of carbonyl (C=O) groups is 3. The maximum Gasteiger partial charge on any atom is 0.310 e. The van der Waals surface area contributed by atoms with Crippen molar-refractivity contribution in [3.05, 3.63) is 54.1 Å². The molecule has 0 radical (unpaired) electrons. The standard InChI is InChI=1S/C23H22N2O5/c1-29-16-4-2-3-15(11-16)25-21(26)12-5-7-14(8-6-12)24-22(27)19-13-9-17-18(10-13)30-23(28)20(17)19/h2-8,11,13,17-20H,9-10H2,1H3,(H,24,27)(H,25,26)/t13-,17+,18-,19-,20+/m0/s1. The Morgan fingerprint density at radius 1 is 1.03 bits per heavy atom. The molecule has 2 bridgehead atoms. The summed E-state index contributed by atoms with van der Waals surface area (Å²) in [6, 6.07) is 13.8. The molecule has 1 aliphatic heterocycles. The second-order valence-electron chi connectivity index (χ2n) is 8.17. The average Bonchev–Trinajstić information content (AvgIpc) is 3.37. The molecule has 7 nitrogen and oxygen atoms in total. The summed E-state index contributed by atoms with van der Waals surface area (Å²) in [7, 11) is 1.57. The van der Waals surface area contributed by atoms with Gasteiger partial charge >= 0.3 is 5.97 Å². The number of esters is 1. The van der Waals surface area contributed by atoms with Gasteiger partial charge in [-0.1, -0.05) is 6.07 Å². The van der Waals surface area contributed by atoms with Crippen LogP contribution in [0, 0.1) is 23.7 Å². The molecule has 1 saturated heterocycles. The minimum Gasteiger partial charge on any atom is -0.497 e. The van der Waals surface area contributed by atoms with Crippen molar-refractivity contribution in [1.29, 1.82) is 0 Å². The fourth-order valence-corrected chi connectivity index (χ4v) is 5.20. The monoisotopic (exact) mass is 406 g/mol. The Morgan fingerprint density at radius 3 is 2.60 bits per heavy atom. The second kappa shape index (κ2) is 7.16. The predicted molar refractivity (Wildman–Crippen MR) is 109 cm³/mol. The van der Waals surface area contributed by atoms with Crippen LogP contribution >= 0.6 is 0 Å². The molecule has 2 N–H and O–H groups in total. The molecule has 5 rings (SSSR count). The lowest BCUT2D eigenvalue weighted by Gasteiger charge is -2.23. The largest absolute Gasteiger partial charge is 0.497 e. The number of anilines is 2. The maximum atomic E-state index is 12.8. The molecule has 1 heterocycles. The van der Waals surface area contributed by atoms with Crippen molar-refractivity contribution >= 4 is 29.2 Å². The molecule has 2 saturated carbocycles. The van der Waals surface area contributed by atoms with Crippen LogP contribution in [0.1, 0.15) is 23.2 Å². The number of amides is 2. The molecular weight excluding hydrogens is 384 g/mol. The van der Waals surface area contributed by atoms with E-state index in [9.17, 15) is 14.4 Å². The SMILES string of the molecule is COc1cccc(NC(=O)c2ccc(NC(=O)[C@H]3[C@H]4C[C@H]5[C@H]3C(=O)O[C@H]5C4)cc2)c1. The van der Waals surface area contributed by atoms with E-state index in [0.29, 0.717) is 22.7 Å². The highest BCUT2D eigenvalue weighted by Gasteiger charge is 2.63. The number of hydrogen-bond acceptors (Lipinski definition) is 5. The van der Waals surface area contributed by atoms with Gasteiger partial charge in [-0.25, -0.2) is 0 Å². The van der Waals surface area contributed by atoms with Gasteiger partial charge in [-0.05, 0) is 55.2 Å². The highest BCUT2D eigenvalue weighted by atomic mass is 16.6. The van der Waals surface area contributed by atoms with Crippen LogP contribution in [0.15, 0.2) is 48.5 Å². The Labute approximate surface area is 173 Å². The first-order valence-electron chi connectivity index (χ1n) is 10.1. The zero-order valence-electron chi connectivity index (χ0n) is 16.5. The van der Waals surface area contributed by atoms with E-state index in [-0.39, 0.29) is 47.6 Å². The zero-order valence-corrected chi connectivity index (χ0v) is 16.5. The summed E-state index contributed by atoms with van der Waals surface area (Å²) >= 11 is 0. The van der Waals surface area contributed by atoms with Crippen molar-refractivity contribution in [3.63, 3.8) is 0 Å². The van der Waals surface area contributed by atoms with Crippen molar-refractivity contribution in [2.24, 2.45) is 23.7 Å². The van der Waals surface area contributed by atoms with E-state index in [1.807, 2.05) is 0 Å². The van der Waals surface area contributed by atoms with Gasteiger partial charge in [-0.3, -0.25) is 14.4 Å². The van der Waals surface area contributed by atoms with Gasteiger partial charge < -0.3 is 20.1 Å². The fraction of sp³-hybridized carbons (Fsp3) is 0.348. The number of fused-ring (bicyclic) bond motifs is 1. The Bertz CT molecular complexity index is 1020. The summed E-state index contributed by atoms with van der Waals surface area (Å²) in [5, 5.41) is 5.73. The van der Waals surface area contributed by atoms with Crippen LogP contribution in [-0.4, -0.2) is 31.0 Å². The first-order valence-corrected chi connectivity index (χ1v) is 10.1. The molecule has 2 amide bonds. The third kappa shape index (κ3) is 3.10. The van der Waals surface area contributed by atoms with Gasteiger partial charge in [-0.2, -0.15) is 0 Å². The second-order valence-corrected chi connectivity index (χ2v) is 8.17. The van der Waals surface area contributed by atoms with Crippen molar-refractivity contribution in [1.82, 2.24) is 0 Å². The molecule has 5 atom stereocenters. The van der Waals surface area contributed by atoms with E-state index in [1.54, 1.807) is 55.6 Å². The van der Waals surface area contributed by atoms with Gasteiger partial charge in [0.25, 0.3) is 5.91 Å². The zero-order chi connectivity index (χ0) is 20.8. The predicted octanol–water partition coefficient (Wildman–Crippen LogP) is 3.08. The third-order valence-corrected chi connectivity index (χ3v) is 6.53. The van der Waals surface area contributed by atoms with E-state index in [1.165, 1.54) is 0 Å². The van der Waals surface area contributed by atoms with Gasteiger partial charge in [0.2, 0.25) is 5.91 Å². The molecule has 154 valence electrons. The average molecular weight is 406 g/mol. The Morgan fingerprint density at radius 2 is 1.83 bits per heavy atom. The molecule has 0 aromatic heterocycles. The maximum absolute atomic E-state index is 12.8. The first kappa shape index (κ1) is 18.7. The summed E-state index contributed by atoms with van der Waals surface area (Å²) in [4.78, 5) is 37.4.